The number of hydrogen-bond acceptors (Lipinski definition) is 5. The molecule has 72 valence electrons. The third-order valence-electron chi connectivity index (χ3n) is 1.77. The highest BCUT2D eigenvalue weighted by Crippen LogP contribution is 2.02. The van der Waals surface area contributed by atoms with Crippen LogP contribution in [0.1, 0.15) is 5.56 Å². The monoisotopic (exact) mass is 192 g/mol. The second kappa shape index (κ2) is 3.29. The van der Waals surface area contributed by atoms with E-state index >= 15 is 0 Å². The van der Waals surface area contributed by atoms with Crippen molar-refractivity contribution in [2.45, 2.75) is 6.42 Å². The lowest BCUT2D eigenvalue weighted by Gasteiger charge is -1.98. The number of amidine groups is 1. The molecule has 0 amide bonds. The highest BCUT2D eigenvalue weighted by atomic mass is 16.4. The fourth-order valence-corrected chi connectivity index (χ4v) is 1.13. The number of rotatable bonds is 2. The fraction of sp³-hybridized carbons (Fsp3) is 0.143. The number of tetrazole rings is 1. The van der Waals surface area contributed by atoms with E-state index in [1.54, 1.807) is 12.3 Å². The number of hydrogen-bond donors (Lipinski definition) is 2. The summed E-state index contributed by atoms with van der Waals surface area (Å²) in [7, 11) is 0. The molecule has 2 heterocycles. The first-order valence-electron chi connectivity index (χ1n) is 3.92. The topological polar surface area (TPSA) is 102 Å². The summed E-state index contributed by atoms with van der Waals surface area (Å²) in [6.07, 6.45) is 2.10. The summed E-state index contributed by atoms with van der Waals surface area (Å²) in [6.45, 7) is 0. The molecule has 0 aliphatic carbocycles. The molecular formula is C7H8N6O. The first-order valence-corrected chi connectivity index (χ1v) is 3.92. The summed E-state index contributed by atoms with van der Waals surface area (Å²) in [5.41, 5.74) is 6.90. The molecule has 0 spiro atoms. The summed E-state index contributed by atoms with van der Waals surface area (Å²) < 4.78 is 1.53. The zero-order chi connectivity index (χ0) is 9.97. The summed E-state index contributed by atoms with van der Waals surface area (Å²) >= 11 is 0. The van der Waals surface area contributed by atoms with Gasteiger partial charge < -0.3 is 10.9 Å². The summed E-state index contributed by atoms with van der Waals surface area (Å²) in [4.78, 5) is 0. The summed E-state index contributed by atoms with van der Waals surface area (Å²) in [6, 6.07) is 3.59. The van der Waals surface area contributed by atoms with Crippen molar-refractivity contribution in [1.82, 2.24) is 20.0 Å². The zero-order valence-electron chi connectivity index (χ0n) is 7.20. The highest BCUT2D eigenvalue weighted by molar-refractivity contribution is 5.81. The van der Waals surface area contributed by atoms with E-state index in [4.69, 9.17) is 10.9 Å². The van der Waals surface area contributed by atoms with Crippen molar-refractivity contribution in [3.8, 4) is 0 Å². The minimum atomic E-state index is 0.150. The predicted molar refractivity (Wildman–Crippen MR) is 47.9 cm³/mol. The Balaban J connectivity index is 2.34. The fourth-order valence-electron chi connectivity index (χ4n) is 1.13. The number of nitrogens with zero attached hydrogens (tertiary/aromatic N) is 5. The van der Waals surface area contributed by atoms with Gasteiger partial charge in [-0.1, -0.05) is 11.2 Å². The van der Waals surface area contributed by atoms with Crippen molar-refractivity contribution in [2.75, 3.05) is 0 Å². The number of oxime groups is 1. The molecule has 0 radical (unpaired) electrons. The van der Waals surface area contributed by atoms with Gasteiger partial charge >= 0.3 is 0 Å². The third-order valence-corrected chi connectivity index (χ3v) is 1.77. The Kier molecular flexibility index (Phi) is 1.98. The van der Waals surface area contributed by atoms with Crippen LogP contribution in [0.15, 0.2) is 23.5 Å². The van der Waals surface area contributed by atoms with Crippen LogP contribution in [0, 0.1) is 0 Å². The van der Waals surface area contributed by atoms with Crippen LogP contribution in [0.4, 0.5) is 0 Å². The molecule has 0 unspecified atom stereocenters. The molecule has 7 nitrogen and oxygen atoms in total. The lowest BCUT2D eigenvalue weighted by molar-refractivity contribution is 0.317. The first-order chi connectivity index (χ1) is 6.79. The second-order valence-corrected chi connectivity index (χ2v) is 2.79. The van der Waals surface area contributed by atoms with Gasteiger partial charge in [-0.3, -0.25) is 0 Å². The molecule has 2 rings (SSSR count). The first kappa shape index (κ1) is 8.42. The van der Waals surface area contributed by atoms with E-state index in [-0.39, 0.29) is 5.84 Å². The smallest absolute Gasteiger partial charge is 0.179 e. The van der Waals surface area contributed by atoms with E-state index < -0.39 is 0 Å². The average Bonchev–Trinajstić information content (AvgIpc) is 2.64. The molecular weight excluding hydrogens is 184 g/mol. The van der Waals surface area contributed by atoms with Crippen molar-refractivity contribution in [2.24, 2.45) is 10.9 Å². The van der Waals surface area contributed by atoms with Crippen molar-refractivity contribution in [3.05, 3.63) is 23.9 Å². The molecule has 0 aliphatic heterocycles. The molecule has 0 aromatic carbocycles. The maximum atomic E-state index is 8.39. The van der Waals surface area contributed by atoms with Gasteiger partial charge in [0.05, 0.1) is 0 Å². The molecule has 0 saturated heterocycles. The van der Waals surface area contributed by atoms with Crippen molar-refractivity contribution >= 4 is 11.5 Å². The minimum absolute atomic E-state index is 0.150. The van der Waals surface area contributed by atoms with Crippen molar-refractivity contribution in [1.29, 1.82) is 0 Å². The van der Waals surface area contributed by atoms with E-state index in [2.05, 4.69) is 20.7 Å². The number of fused-ring (bicyclic) bond motifs is 1. The summed E-state index contributed by atoms with van der Waals surface area (Å²) in [5.74, 6) is 0.150. The van der Waals surface area contributed by atoms with Gasteiger partial charge in [0.2, 0.25) is 0 Å². The molecule has 2 aromatic rings. The van der Waals surface area contributed by atoms with E-state index in [0.717, 1.165) is 5.56 Å². The molecule has 0 saturated carbocycles. The van der Waals surface area contributed by atoms with Gasteiger partial charge in [-0.15, -0.1) is 5.10 Å². The molecule has 2 aromatic heterocycles. The van der Waals surface area contributed by atoms with E-state index in [9.17, 15) is 0 Å². The average molecular weight is 192 g/mol. The Labute approximate surface area is 78.8 Å². The van der Waals surface area contributed by atoms with Crippen LogP contribution in [0.3, 0.4) is 0 Å². The van der Waals surface area contributed by atoms with Crippen molar-refractivity contribution in [3.63, 3.8) is 0 Å². The van der Waals surface area contributed by atoms with Gasteiger partial charge in [0, 0.05) is 12.6 Å². The largest absolute Gasteiger partial charge is 0.409 e. The van der Waals surface area contributed by atoms with E-state index in [1.807, 2.05) is 6.07 Å². The molecule has 3 N–H and O–H groups in total. The van der Waals surface area contributed by atoms with Gasteiger partial charge in [0.1, 0.15) is 5.84 Å². The SMILES string of the molecule is N/C(Cc1ccc2nnnn2c1)=N\O. The Morgan fingerprint density at radius 1 is 1.57 bits per heavy atom. The van der Waals surface area contributed by atoms with Gasteiger partial charge in [0.25, 0.3) is 0 Å². The van der Waals surface area contributed by atoms with E-state index in [1.165, 1.54) is 4.52 Å². The maximum absolute atomic E-state index is 8.39. The van der Waals surface area contributed by atoms with Crippen LogP contribution >= 0.6 is 0 Å². The summed E-state index contributed by atoms with van der Waals surface area (Å²) in [5, 5.41) is 22.2. The quantitative estimate of drug-likeness (QED) is 0.286. The third kappa shape index (κ3) is 1.47. The van der Waals surface area contributed by atoms with Gasteiger partial charge in [-0.2, -0.15) is 0 Å². The lowest BCUT2D eigenvalue weighted by atomic mass is 10.2. The van der Waals surface area contributed by atoms with Crippen LogP contribution in [0.5, 0.6) is 0 Å². The van der Waals surface area contributed by atoms with Crippen molar-refractivity contribution < 1.29 is 5.21 Å². The van der Waals surface area contributed by atoms with Crippen LogP contribution < -0.4 is 5.73 Å². The Hall–Kier alpha value is -2.18. The van der Waals surface area contributed by atoms with E-state index in [0.29, 0.717) is 12.1 Å². The van der Waals surface area contributed by atoms with Gasteiger partial charge in [-0.05, 0) is 22.1 Å². The molecule has 7 heteroatoms. The Morgan fingerprint density at radius 2 is 2.43 bits per heavy atom. The van der Waals surface area contributed by atoms with Crippen LogP contribution in [-0.4, -0.2) is 31.1 Å². The van der Waals surface area contributed by atoms with Crippen LogP contribution in [0.25, 0.3) is 5.65 Å². The minimum Gasteiger partial charge on any atom is -0.409 e. The molecule has 0 aliphatic rings. The maximum Gasteiger partial charge on any atom is 0.179 e. The number of aromatic nitrogens is 4. The number of nitrogens with two attached hydrogens (primary N) is 1. The van der Waals surface area contributed by atoms with Gasteiger partial charge in [-0.25, -0.2) is 4.52 Å². The molecule has 14 heavy (non-hydrogen) atoms. The highest BCUT2D eigenvalue weighted by Gasteiger charge is 2.00. The standard InChI is InChI=1S/C7H8N6O/c8-6(10-14)3-5-1-2-7-9-11-12-13(7)4-5/h1-2,4,14H,3H2,(H2,8,10). The van der Waals surface area contributed by atoms with Crippen LogP contribution in [-0.2, 0) is 6.42 Å². The Morgan fingerprint density at radius 3 is 3.21 bits per heavy atom. The normalized spacial score (nSPS) is 12.1. The van der Waals surface area contributed by atoms with Gasteiger partial charge in [0.15, 0.2) is 5.65 Å². The van der Waals surface area contributed by atoms with Crippen LogP contribution in [0.2, 0.25) is 0 Å². The zero-order valence-corrected chi connectivity index (χ0v) is 7.20. The second-order valence-electron chi connectivity index (χ2n) is 2.79. The molecule has 0 bridgehead atoms. The molecule has 0 atom stereocenters. The Bertz CT molecular complexity index is 476. The number of pyridine rings is 1. The lowest BCUT2D eigenvalue weighted by Crippen LogP contribution is -2.14. The predicted octanol–water partition coefficient (Wildman–Crippen LogP) is -0.587. The molecule has 0 fully saturated rings.